The van der Waals surface area contributed by atoms with Gasteiger partial charge in [0.05, 0.1) is 0 Å². The number of fused-ring (bicyclic) bond motifs is 1. The lowest BCUT2D eigenvalue weighted by Crippen LogP contribution is -2.37. The van der Waals surface area contributed by atoms with Gasteiger partial charge in [-0.2, -0.15) is 0 Å². The Balaban J connectivity index is 1.66. The Labute approximate surface area is 132 Å². The minimum atomic E-state index is 0.298. The van der Waals surface area contributed by atoms with Crippen molar-refractivity contribution in [1.82, 2.24) is 4.90 Å². The summed E-state index contributed by atoms with van der Waals surface area (Å²) in [5.41, 5.74) is 1.20. The molecule has 0 N–H and O–H groups in total. The zero-order valence-electron chi connectivity index (χ0n) is 13.3. The van der Waals surface area contributed by atoms with Crippen molar-refractivity contribution in [2.75, 3.05) is 31.6 Å². The molecule has 0 atom stereocenters. The first-order valence-electron chi connectivity index (χ1n) is 8.22. The van der Waals surface area contributed by atoms with Gasteiger partial charge < -0.3 is 9.80 Å². The van der Waals surface area contributed by atoms with Crippen LogP contribution in [0, 0.1) is 0 Å². The average Bonchev–Trinajstić information content (AvgIpc) is 2.59. The van der Waals surface area contributed by atoms with Crippen LogP contribution in [0.4, 0.5) is 5.69 Å². The number of carbonyl (C=O) groups excluding carboxylic acids is 1. The fraction of sp³-hybridized carbons (Fsp3) is 0.421. The van der Waals surface area contributed by atoms with Crippen LogP contribution in [0.2, 0.25) is 0 Å². The molecule has 0 saturated carbocycles. The van der Waals surface area contributed by atoms with E-state index in [1.54, 1.807) is 0 Å². The van der Waals surface area contributed by atoms with Gasteiger partial charge in [0.25, 0.3) is 0 Å². The van der Waals surface area contributed by atoms with E-state index in [9.17, 15) is 4.79 Å². The first-order valence-corrected chi connectivity index (χ1v) is 8.22. The van der Waals surface area contributed by atoms with Crippen molar-refractivity contribution in [2.45, 2.75) is 25.7 Å². The van der Waals surface area contributed by atoms with Gasteiger partial charge in [0, 0.05) is 44.2 Å². The maximum Gasteiger partial charge on any atom is 0.224 e. The van der Waals surface area contributed by atoms with E-state index >= 15 is 0 Å². The number of anilines is 1. The van der Waals surface area contributed by atoms with E-state index in [0.29, 0.717) is 12.3 Å². The quantitative estimate of drug-likeness (QED) is 0.859. The summed E-state index contributed by atoms with van der Waals surface area (Å²) in [4.78, 5) is 16.5. The summed E-state index contributed by atoms with van der Waals surface area (Å²) in [5.74, 6) is 0.298. The molecule has 0 unspecified atom stereocenters. The van der Waals surface area contributed by atoms with Crippen molar-refractivity contribution < 1.29 is 4.79 Å². The lowest BCUT2D eigenvalue weighted by Gasteiger charge is -2.28. The molecule has 0 aliphatic carbocycles. The topological polar surface area (TPSA) is 23.6 Å². The molecule has 1 heterocycles. The Morgan fingerprint density at radius 2 is 1.77 bits per heavy atom. The van der Waals surface area contributed by atoms with Gasteiger partial charge in [-0.1, -0.05) is 36.4 Å². The molecule has 1 saturated heterocycles. The fourth-order valence-electron chi connectivity index (χ4n) is 3.23. The lowest BCUT2D eigenvalue weighted by atomic mass is 10.1. The molecule has 2 aromatic rings. The predicted octanol–water partition coefficient (Wildman–Crippen LogP) is 3.68. The summed E-state index contributed by atoms with van der Waals surface area (Å²) in [6, 6.07) is 14.8. The minimum Gasteiger partial charge on any atom is -0.374 e. The first kappa shape index (κ1) is 14.9. The molecule has 1 fully saturated rings. The van der Waals surface area contributed by atoms with Gasteiger partial charge in [-0.15, -0.1) is 0 Å². The summed E-state index contributed by atoms with van der Waals surface area (Å²) in [6.45, 7) is 2.65. The van der Waals surface area contributed by atoms with Crippen LogP contribution in [-0.4, -0.2) is 37.5 Å². The van der Waals surface area contributed by atoms with E-state index in [-0.39, 0.29) is 0 Å². The van der Waals surface area contributed by atoms with E-state index in [2.05, 4.69) is 54.4 Å². The molecule has 116 valence electrons. The van der Waals surface area contributed by atoms with Crippen molar-refractivity contribution >= 4 is 22.4 Å². The second kappa shape index (κ2) is 6.82. The summed E-state index contributed by atoms with van der Waals surface area (Å²) >= 11 is 0. The Kier molecular flexibility index (Phi) is 4.62. The molecule has 0 radical (unpaired) electrons. The third kappa shape index (κ3) is 3.24. The van der Waals surface area contributed by atoms with E-state index in [4.69, 9.17) is 0 Å². The van der Waals surface area contributed by atoms with Gasteiger partial charge >= 0.3 is 0 Å². The van der Waals surface area contributed by atoms with Crippen LogP contribution >= 0.6 is 0 Å². The highest BCUT2D eigenvalue weighted by Crippen LogP contribution is 2.26. The van der Waals surface area contributed by atoms with Crippen LogP contribution < -0.4 is 4.90 Å². The predicted molar refractivity (Wildman–Crippen MR) is 92.3 cm³/mol. The number of likely N-dealkylation sites (tertiary alicyclic amines) is 1. The van der Waals surface area contributed by atoms with Crippen LogP contribution in [-0.2, 0) is 4.79 Å². The van der Waals surface area contributed by atoms with E-state index in [1.807, 2.05) is 4.90 Å². The van der Waals surface area contributed by atoms with Crippen molar-refractivity contribution in [1.29, 1.82) is 0 Å². The fourth-order valence-corrected chi connectivity index (χ4v) is 3.23. The molecule has 1 aliphatic rings. The number of piperidine rings is 1. The zero-order chi connectivity index (χ0) is 15.4. The molecular formula is C19H24N2O. The van der Waals surface area contributed by atoms with Crippen molar-refractivity contribution in [3.8, 4) is 0 Å². The molecule has 22 heavy (non-hydrogen) atoms. The third-order valence-corrected chi connectivity index (χ3v) is 4.55. The minimum absolute atomic E-state index is 0.298. The maximum atomic E-state index is 12.3. The normalized spacial score (nSPS) is 15.0. The summed E-state index contributed by atoms with van der Waals surface area (Å²) in [6.07, 6.45) is 4.18. The second-order valence-electron chi connectivity index (χ2n) is 6.11. The van der Waals surface area contributed by atoms with Crippen molar-refractivity contribution in [2.24, 2.45) is 0 Å². The Morgan fingerprint density at radius 1 is 1.05 bits per heavy atom. The number of hydrogen-bond donors (Lipinski definition) is 0. The van der Waals surface area contributed by atoms with Crippen molar-refractivity contribution in [3.63, 3.8) is 0 Å². The molecular weight excluding hydrogens is 272 g/mol. The molecule has 3 nitrogen and oxygen atoms in total. The van der Waals surface area contributed by atoms with Crippen LogP contribution in [0.15, 0.2) is 42.5 Å². The smallest absolute Gasteiger partial charge is 0.224 e. The summed E-state index contributed by atoms with van der Waals surface area (Å²) in [7, 11) is 2.07. The van der Waals surface area contributed by atoms with Gasteiger partial charge in [-0.05, 0) is 30.7 Å². The number of amides is 1. The number of nitrogens with zero attached hydrogens (tertiary/aromatic N) is 2. The average molecular weight is 296 g/mol. The summed E-state index contributed by atoms with van der Waals surface area (Å²) < 4.78 is 0. The summed E-state index contributed by atoms with van der Waals surface area (Å²) in [5, 5.41) is 2.49. The highest BCUT2D eigenvalue weighted by molar-refractivity contribution is 5.94. The lowest BCUT2D eigenvalue weighted by molar-refractivity contribution is -0.131. The molecule has 0 aromatic heterocycles. The monoisotopic (exact) mass is 296 g/mol. The van der Waals surface area contributed by atoms with E-state index in [0.717, 1.165) is 32.5 Å². The van der Waals surface area contributed by atoms with Crippen LogP contribution in [0.1, 0.15) is 25.7 Å². The molecule has 2 aromatic carbocycles. The molecule has 0 spiro atoms. The van der Waals surface area contributed by atoms with Crippen molar-refractivity contribution in [3.05, 3.63) is 42.5 Å². The maximum absolute atomic E-state index is 12.3. The van der Waals surface area contributed by atoms with Crippen LogP contribution in [0.3, 0.4) is 0 Å². The third-order valence-electron chi connectivity index (χ3n) is 4.55. The van der Waals surface area contributed by atoms with E-state index < -0.39 is 0 Å². The standard InChI is InChI=1S/C19H24N2O/c1-20(15-12-19(22)21-13-5-2-6-14-21)18-11-7-9-16-8-3-4-10-17(16)18/h3-4,7-11H,2,5-6,12-15H2,1H3. The van der Waals surface area contributed by atoms with Crippen LogP contribution in [0.5, 0.6) is 0 Å². The van der Waals surface area contributed by atoms with Gasteiger partial charge in [-0.3, -0.25) is 4.79 Å². The highest BCUT2D eigenvalue weighted by atomic mass is 16.2. The molecule has 3 heteroatoms. The Morgan fingerprint density at radius 3 is 2.59 bits per heavy atom. The first-order chi connectivity index (χ1) is 10.8. The zero-order valence-corrected chi connectivity index (χ0v) is 13.3. The van der Waals surface area contributed by atoms with Gasteiger partial charge in [0.2, 0.25) is 5.91 Å². The molecule has 1 aliphatic heterocycles. The van der Waals surface area contributed by atoms with Gasteiger partial charge in [0.1, 0.15) is 0 Å². The number of rotatable bonds is 4. The van der Waals surface area contributed by atoms with Crippen LogP contribution in [0.25, 0.3) is 10.8 Å². The SMILES string of the molecule is CN(CCC(=O)N1CCCCC1)c1cccc2ccccc12. The highest BCUT2D eigenvalue weighted by Gasteiger charge is 2.17. The molecule has 3 rings (SSSR count). The second-order valence-corrected chi connectivity index (χ2v) is 6.11. The Bertz CT molecular complexity index is 641. The largest absolute Gasteiger partial charge is 0.374 e. The molecule has 1 amide bonds. The Hall–Kier alpha value is -2.03. The van der Waals surface area contributed by atoms with Gasteiger partial charge in [-0.25, -0.2) is 0 Å². The van der Waals surface area contributed by atoms with E-state index in [1.165, 1.54) is 22.9 Å². The molecule has 0 bridgehead atoms. The van der Waals surface area contributed by atoms with Gasteiger partial charge in [0.15, 0.2) is 0 Å². The number of carbonyl (C=O) groups is 1. The number of hydrogen-bond acceptors (Lipinski definition) is 2. The number of benzene rings is 2.